The minimum atomic E-state index is -0.999. The summed E-state index contributed by atoms with van der Waals surface area (Å²) in [6.45, 7) is 0.458. The molecule has 0 saturated heterocycles. The van der Waals surface area contributed by atoms with Crippen LogP contribution in [0.5, 0.6) is 0 Å². The van der Waals surface area contributed by atoms with Crippen molar-refractivity contribution >= 4 is 17.7 Å². The first kappa shape index (κ1) is 21.2. The fourth-order valence-corrected chi connectivity index (χ4v) is 2.84. The normalized spacial score (nSPS) is 11.4. The van der Waals surface area contributed by atoms with E-state index < -0.39 is 11.9 Å². The minimum Gasteiger partial charge on any atom is -0.368 e. The lowest BCUT2D eigenvalue weighted by atomic mass is 10.1. The number of amides is 3. The summed E-state index contributed by atoms with van der Waals surface area (Å²) in [6, 6.07) is 18.6. The smallest absolute Gasteiger partial charge is 0.240 e. The fourth-order valence-electron chi connectivity index (χ4n) is 2.84. The van der Waals surface area contributed by atoms with Crippen LogP contribution in [-0.2, 0) is 27.2 Å². The van der Waals surface area contributed by atoms with Crippen molar-refractivity contribution in [3.63, 3.8) is 0 Å². The summed E-state index contributed by atoms with van der Waals surface area (Å²) >= 11 is 0. The molecule has 6 nitrogen and oxygen atoms in total. The number of hydrogen-bond donors (Lipinski definition) is 3. The minimum absolute atomic E-state index is 0.158. The SMILES string of the molecule is NC(=O)C(CC(=O)NCCc1ccccc1)NC(=O)CCCc1ccccc1. The number of nitrogens with two attached hydrogens (primary N) is 1. The van der Waals surface area contributed by atoms with Crippen LogP contribution in [0.15, 0.2) is 60.7 Å². The molecule has 2 aromatic carbocycles. The van der Waals surface area contributed by atoms with Crippen LogP contribution in [0.3, 0.4) is 0 Å². The molecule has 0 aliphatic carbocycles. The quantitative estimate of drug-likeness (QED) is 0.552. The van der Waals surface area contributed by atoms with Gasteiger partial charge in [0.1, 0.15) is 6.04 Å². The second kappa shape index (κ2) is 11.5. The van der Waals surface area contributed by atoms with Crippen LogP contribution in [-0.4, -0.2) is 30.3 Å². The number of rotatable bonds is 11. The first-order chi connectivity index (χ1) is 13.5. The van der Waals surface area contributed by atoms with Crippen molar-refractivity contribution in [3.8, 4) is 0 Å². The topological polar surface area (TPSA) is 101 Å². The number of benzene rings is 2. The molecular formula is C22H27N3O3. The van der Waals surface area contributed by atoms with Gasteiger partial charge in [-0.25, -0.2) is 0 Å². The lowest BCUT2D eigenvalue weighted by molar-refractivity contribution is -0.130. The molecule has 148 valence electrons. The van der Waals surface area contributed by atoms with Gasteiger partial charge in [-0.1, -0.05) is 60.7 Å². The van der Waals surface area contributed by atoms with Crippen molar-refractivity contribution in [2.45, 2.75) is 38.1 Å². The molecular weight excluding hydrogens is 354 g/mol. The van der Waals surface area contributed by atoms with Crippen LogP contribution >= 0.6 is 0 Å². The molecule has 0 aliphatic heterocycles. The molecule has 0 heterocycles. The molecule has 0 fully saturated rings. The molecule has 1 unspecified atom stereocenters. The van der Waals surface area contributed by atoms with E-state index in [2.05, 4.69) is 10.6 Å². The van der Waals surface area contributed by atoms with Crippen LogP contribution in [0.25, 0.3) is 0 Å². The Morgan fingerprint density at radius 2 is 1.39 bits per heavy atom. The number of primary amides is 1. The first-order valence-corrected chi connectivity index (χ1v) is 9.48. The molecule has 0 radical (unpaired) electrons. The van der Waals surface area contributed by atoms with Crippen molar-refractivity contribution in [2.75, 3.05) is 6.54 Å². The summed E-state index contributed by atoms with van der Waals surface area (Å²) in [6.07, 6.45) is 2.24. The molecule has 3 amide bonds. The molecule has 2 rings (SSSR count). The van der Waals surface area contributed by atoms with Gasteiger partial charge in [0.25, 0.3) is 0 Å². The summed E-state index contributed by atoms with van der Waals surface area (Å²) in [5.41, 5.74) is 7.60. The highest BCUT2D eigenvalue weighted by Gasteiger charge is 2.21. The van der Waals surface area contributed by atoms with E-state index in [1.54, 1.807) is 0 Å². The molecule has 0 spiro atoms. The Bertz CT molecular complexity index is 704. The molecule has 0 bridgehead atoms. The van der Waals surface area contributed by atoms with Crippen molar-refractivity contribution in [1.82, 2.24) is 10.6 Å². The maximum atomic E-state index is 12.1. The Kier molecular flexibility index (Phi) is 8.72. The molecule has 0 aliphatic rings. The predicted molar refractivity (Wildman–Crippen MR) is 108 cm³/mol. The fraction of sp³-hybridized carbons (Fsp3) is 0.318. The average Bonchev–Trinajstić information content (AvgIpc) is 2.69. The summed E-state index contributed by atoms with van der Waals surface area (Å²) in [5, 5.41) is 5.32. The maximum absolute atomic E-state index is 12.1. The summed E-state index contributed by atoms with van der Waals surface area (Å²) in [4.78, 5) is 35.7. The number of aryl methyl sites for hydroxylation is 1. The zero-order chi connectivity index (χ0) is 20.2. The standard InChI is InChI=1S/C22H27N3O3/c23-22(28)19(16-21(27)24-15-14-18-10-5-2-6-11-18)25-20(26)13-7-12-17-8-3-1-4-9-17/h1-6,8-11,19H,7,12-16H2,(H2,23,28)(H,24,27)(H,25,26). The third kappa shape index (κ3) is 8.03. The van der Waals surface area contributed by atoms with Crippen LogP contribution in [0.2, 0.25) is 0 Å². The monoisotopic (exact) mass is 381 g/mol. The van der Waals surface area contributed by atoms with Gasteiger partial charge >= 0.3 is 0 Å². The highest BCUT2D eigenvalue weighted by Crippen LogP contribution is 2.05. The zero-order valence-corrected chi connectivity index (χ0v) is 15.9. The number of nitrogens with one attached hydrogen (secondary N) is 2. The van der Waals surface area contributed by atoms with E-state index in [1.165, 1.54) is 0 Å². The summed E-state index contributed by atoms with van der Waals surface area (Å²) < 4.78 is 0. The van der Waals surface area contributed by atoms with E-state index >= 15 is 0 Å². The summed E-state index contributed by atoms with van der Waals surface area (Å²) in [5.74, 6) is -1.31. The Morgan fingerprint density at radius 3 is 1.96 bits per heavy atom. The van der Waals surface area contributed by atoms with Crippen LogP contribution in [0, 0.1) is 0 Å². The van der Waals surface area contributed by atoms with Gasteiger partial charge in [-0.05, 0) is 30.4 Å². The van der Waals surface area contributed by atoms with Crippen LogP contribution in [0.4, 0.5) is 0 Å². The largest absolute Gasteiger partial charge is 0.368 e. The molecule has 6 heteroatoms. The third-order valence-electron chi connectivity index (χ3n) is 4.36. The van der Waals surface area contributed by atoms with Gasteiger partial charge in [0.05, 0.1) is 6.42 Å². The molecule has 0 aromatic heterocycles. The second-order valence-corrected chi connectivity index (χ2v) is 6.65. The Hall–Kier alpha value is -3.15. The van der Waals surface area contributed by atoms with Crippen LogP contribution < -0.4 is 16.4 Å². The lowest BCUT2D eigenvalue weighted by Crippen LogP contribution is -2.47. The summed E-state index contributed by atoms with van der Waals surface area (Å²) in [7, 11) is 0. The van der Waals surface area contributed by atoms with E-state index in [0.717, 1.165) is 17.5 Å². The van der Waals surface area contributed by atoms with Gasteiger partial charge in [-0.2, -0.15) is 0 Å². The van der Waals surface area contributed by atoms with Crippen LogP contribution in [0.1, 0.15) is 30.4 Å². The number of hydrogen-bond acceptors (Lipinski definition) is 3. The zero-order valence-electron chi connectivity index (χ0n) is 15.9. The van der Waals surface area contributed by atoms with Gasteiger partial charge in [-0.3, -0.25) is 14.4 Å². The van der Waals surface area contributed by atoms with Gasteiger partial charge in [0.15, 0.2) is 0 Å². The van der Waals surface area contributed by atoms with Gasteiger partial charge in [0.2, 0.25) is 17.7 Å². The molecule has 4 N–H and O–H groups in total. The molecule has 28 heavy (non-hydrogen) atoms. The van der Waals surface area contributed by atoms with E-state index in [9.17, 15) is 14.4 Å². The first-order valence-electron chi connectivity index (χ1n) is 9.48. The predicted octanol–water partition coefficient (Wildman–Crippen LogP) is 1.73. The van der Waals surface area contributed by atoms with Crippen molar-refractivity contribution in [3.05, 3.63) is 71.8 Å². The van der Waals surface area contributed by atoms with Gasteiger partial charge < -0.3 is 16.4 Å². The third-order valence-corrected chi connectivity index (χ3v) is 4.36. The molecule has 2 aromatic rings. The Morgan fingerprint density at radius 1 is 0.821 bits per heavy atom. The number of carbonyl (C=O) groups excluding carboxylic acids is 3. The van der Waals surface area contributed by atoms with E-state index in [4.69, 9.17) is 5.73 Å². The molecule has 0 saturated carbocycles. The Labute approximate surface area is 165 Å². The highest BCUT2D eigenvalue weighted by atomic mass is 16.2. The average molecular weight is 381 g/mol. The van der Waals surface area contributed by atoms with Crippen molar-refractivity contribution in [1.29, 1.82) is 0 Å². The van der Waals surface area contributed by atoms with E-state index in [0.29, 0.717) is 19.4 Å². The van der Waals surface area contributed by atoms with Crippen molar-refractivity contribution < 1.29 is 14.4 Å². The maximum Gasteiger partial charge on any atom is 0.240 e. The van der Waals surface area contributed by atoms with E-state index in [-0.39, 0.29) is 24.7 Å². The van der Waals surface area contributed by atoms with Gasteiger partial charge in [-0.15, -0.1) is 0 Å². The molecule has 1 atom stereocenters. The van der Waals surface area contributed by atoms with Crippen molar-refractivity contribution in [2.24, 2.45) is 5.73 Å². The lowest BCUT2D eigenvalue weighted by Gasteiger charge is -2.15. The second-order valence-electron chi connectivity index (χ2n) is 6.65. The van der Waals surface area contributed by atoms with Gasteiger partial charge in [0, 0.05) is 13.0 Å². The number of carbonyl (C=O) groups is 3. The highest BCUT2D eigenvalue weighted by molar-refractivity contribution is 5.91. The van der Waals surface area contributed by atoms with E-state index in [1.807, 2.05) is 60.7 Å². The Balaban J connectivity index is 1.70.